The highest BCUT2D eigenvalue weighted by Gasteiger charge is 2.17. The highest BCUT2D eigenvalue weighted by atomic mass is 15.0. The molecule has 2 heteroatoms. The number of benzene rings is 1. The molecular formula is C15H22N2. The van der Waals surface area contributed by atoms with E-state index in [1.165, 1.54) is 16.7 Å². The molecule has 0 amide bonds. The van der Waals surface area contributed by atoms with Crippen LogP contribution in [0.15, 0.2) is 30.4 Å². The van der Waals surface area contributed by atoms with Crippen LogP contribution in [0.1, 0.15) is 35.6 Å². The topological polar surface area (TPSA) is 38.0 Å². The molecule has 17 heavy (non-hydrogen) atoms. The minimum absolute atomic E-state index is 0.278. The SMILES string of the molecule is Cc1ccc(C(CN)NC2CC=CC2)c(C)c1. The lowest BCUT2D eigenvalue weighted by Crippen LogP contribution is -2.35. The maximum atomic E-state index is 5.91. The molecule has 1 aliphatic carbocycles. The minimum atomic E-state index is 0.278. The van der Waals surface area contributed by atoms with E-state index in [1.807, 2.05) is 0 Å². The Morgan fingerprint density at radius 3 is 2.59 bits per heavy atom. The van der Waals surface area contributed by atoms with Gasteiger partial charge in [0, 0.05) is 18.6 Å². The summed E-state index contributed by atoms with van der Waals surface area (Å²) in [5.41, 5.74) is 9.89. The Balaban J connectivity index is 2.11. The van der Waals surface area contributed by atoms with Crippen molar-refractivity contribution < 1.29 is 0 Å². The number of nitrogens with two attached hydrogens (primary N) is 1. The number of aryl methyl sites for hydroxylation is 2. The van der Waals surface area contributed by atoms with E-state index in [9.17, 15) is 0 Å². The van der Waals surface area contributed by atoms with Crippen molar-refractivity contribution in [3.05, 3.63) is 47.0 Å². The molecule has 1 aliphatic rings. The summed E-state index contributed by atoms with van der Waals surface area (Å²) in [5, 5.41) is 3.65. The van der Waals surface area contributed by atoms with E-state index in [1.54, 1.807) is 0 Å². The fourth-order valence-electron chi connectivity index (χ4n) is 2.54. The molecule has 0 saturated heterocycles. The minimum Gasteiger partial charge on any atom is -0.329 e. The van der Waals surface area contributed by atoms with Crippen molar-refractivity contribution in [1.82, 2.24) is 5.32 Å². The second-order valence-corrected chi connectivity index (χ2v) is 4.95. The predicted molar refractivity (Wildman–Crippen MR) is 73.0 cm³/mol. The molecule has 1 atom stereocenters. The first-order valence-electron chi connectivity index (χ1n) is 6.39. The standard InChI is InChI=1S/C15H22N2/c1-11-7-8-14(12(2)9-11)15(10-16)17-13-5-3-4-6-13/h3-4,7-9,13,15,17H,5-6,10,16H2,1-2H3. The Morgan fingerprint density at radius 1 is 1.29 bits per heavy atom. The molecule has 1 aromatic rings. The molecule has 1 unspecified atom stereocenters. The van der Waals surface area contributed by atoms with Crippen molar-refractivity contribution in [3.8, 4) is 0 Å². The highest BCUT2D eigenvalue weighted by Crippen LogP contribution is 2.21. The van der Waals surface area contributed by atoms with Crippen molar-refractivity contribution in [2.75, 3.05) is 6.54 Å². The van der Waals surface area contributed by atoms with Crippen LogP contribution in [0.25, 0.3) is 0 Å². The summed E-state index contributed by atoms with van der Waals surface area (Å²) in [6.45, 7) is 4.95. The Hall–Kier alpha value is -1.12. The summed E-state index contributed by atoms with van der Waals surface area (Å²) >= 11 is 0. The van der Waals surface area contributed by atoms with Crippen molar-refractivity contribution in [1.29, 1.82) is 0 Å². The van der Waals surface area contributed by atoms with E-state index in [0.29, 0.717) is 12.6 Å². The lowest BCUT2D eigenvalue weighted by molar-refractivity contribution is 0.452. The quantitative estimate of drug-likeness (QED) is 0.780. The van der Waals surface area contributed by atoms with E-state index in [0.717, 1.165) is 12.8 Å². The van der Waals surface area contributed by atoms with Gasteiger partial charge in [-0.1, -0.05) is 35.9 Å². The van der Waals surface area contributed by atoms with E-state index in [2.05, 4.69) is 49.5 Å². The Bertz CT molecular complexity index is 401. The molecule has 0 heterocycles. The lowest BCUT2D eigenvalue weighted by atomic mass is 9.98. The molecule has 0 saturated carbocycles. The zero-order valence-corrected chi connectivity index (χ0v) is 10.7. The van der Waals surface area contributed by atoms with Gasteiger partial charge in [-0.25, -0.2) is 0 Å². The van der Waals surface area contributed by atoms with Gasteiger partial charge in [-0.05, 0) is 37.8 Å². The van der Waals surface area contributed by atoms with Crippen molar-refractivity contribution in [3.63, 3.8) is 0 Å². The monoisotopic (exact) mass is 230 g/mol. The van der Waals surface area contributed by atoms with Crippen LogP contribution in [-0.2, 0) is 0 Å². The fourth-order valence-corrected chi connectivity index (χ4v) is 2.54. The predicted octanol–water partition coefficient (Wildman–Crippen LogP) is 2.61. The molecule has 0 fully saturated rings. The van der Waals surface area contributed by atoms with Gasteiger partial charge < -0.3 is 11.1 Å². The van der Waals surface area contributed by atoms with Crippen molar-refractivity contribution >= 4 is 0 Å². The van der Waals surface area contributed by atoms with E-state index in [4.69, 9.17) is 5.73 Å². The van der Waals surface area contributed by atoms with Crippen LogP contribution in [-0.4, -0.2) is 12.6 Å². The Labute approximate surface area is 104 Å². The normalized spacial score (nSPS) is 17.6. The van der Waals surface area contributed by atoms with Crippen LogP contribution in [0.5, 0.6) is 0 Å². The number of hydrogen-bond acceptors (Lipinski definition) is 2. The Morgan fingerprint density at radius 2 is 2.00 bits per heavy atom. The van der Waals surface area contributed by atoms with Crippen LogP contribution in [0.2, 0.25) is 0 Å². The van der Waals surface area contributed by atoms with Gasteiger partial charge in [0.15, 0.2) is 0 Å². The van der Waals surface area contributed by atoms with Gasteiger partial charge in [0.25, 0.3) is 0 Å². The first-order chi connectivity index (χ1) is 8.20. The molecule has 1 aromatic carbocycles. The molecule has 3 N–H and O–H groups in total. The van der Waals surface area contributed by atoms with Crippen LogP contribution in [0.4, 0.5) is 0 Å². The second-order valence-electron chi connectivity index (χ2n) is 4.95. The van der Waals surface area contributed by atoms with Gasteiger partial charge in [-0.15, -0.1) is 0 Å². The molecule has 0 bridgehead atoms. The van der Waals surface area contributed by atoms with Crippen LogP contribution >= 0.6 is 0 Å². The summed E-state index contributed by atoms with van der Waals surface area (Å²) in [6.07, 6.45) is 6.74. The third-order valence-electron chi connectivity index (χ3n) is 3.48. The lowest BCUT2D eigenvalue weighted by Gasteiger charge is -2.23. The summed E-state index contributed by atoms with van der Waals surface area (Å²) in [5.74, 6) is 0. The van der Waals surface area contributed by atoms with Gasteiger partial charge in [0.2, 0.25) is 0 Å². The van der Waals surface area contributed by atoms with E-state index >= 15 is 0 Å². The summed E-state index contributed by atoms with van der Waals surface area (Å²) < 4.78 is 0. The summed E-state index contributed by atoms with van der Waals surface area (Å²) in [6, 6.07) is 7.44. The molecule has 0 spiro atoms. The summed E-state index contributed by atoms with van der Waals surface area (Å²) in [4.78, 5) is 0. The van der Waals surface area contributed by atoms with Crippen LogP contribution in [0, 0.1) is 13.8 Å². The average molecular weight is 230 g/mol. The first-order valence-corrected chi connectivity index (χ1v) is 6.39. The fraction of sp³-hybridized carbons (Fsp3) is 0.467. The van der Waals surface area contributed by atoms with Gasteiger partial charge >= 0.3 is 0 Å². The second kappa shape index (κ2) is 5.48. The van der Waals surface area contributed by atoms with Crippen LogP contribution in [0.3, 0.4) is 0 Å². The maximum Gasteiger partial charge on any atom is 0.0449 e. The third kappa shape index (κ3) is 2.96. The maximum absolute atomic E-state index is 5.91. The smallest absolute Gasteiger partial charge is 0.0449 e. The zero-order valence-electron chi connectivity index (χ0n) is 10.7. The van der Waals surface area contributed by atoms with Crippen molar-refractivity contribution in [2.24, 2.45) is 5.73 Å². The van der Waals surface area contributed by atoms with Gasteiger partial charge in [-0.3, -0.25) is 0 Å². The molecule has 2 nitrogen and oxygen atoms in total. The molecular weight excluding hydrogens is 208 g/mol. The van der Waals surface area contributed by atoms with Gasteiger partial charge in [0.05, 0.1) is 0 Å². The molecule has 0 aliphatic heterocycles. The van der Waals surface area contributed by atoms with Gasteiger partial charge in [-0.2, -0.15) is 0 Å². The number of rotatable bonds is 4. The molecule has 0 radical (unpaired) electrons. The van der Waals surface area contributed by atoms with E-state index < -0.39 is 0 Å². The van der Waals surface area contributed by atoms with Crippen molar-refractivity contribution in [2.45, 2.75) is 38.8 Å². The van der Waals surface area contributed by atoms with Gasteiger partial charge in [0.1, 0.15) is 0 Å². The molecule has 0 aromatic heterocycles. The van der Waals surface area contributed by atoms with E-state index in [-0.39, 0.29) is 6.04 Å². The highest BCUT2D eigenvalue weighted by molar-refractivity contribution is 5.33. The first kappa shape index (κ1) is 12.3. The number of nitrogens with one attached hydrogen (secondary N) is 1. The zero-order chi connectivity index (χ0) is 12.3. The average Bonchev–Trinajstić information content (AvgIpc) is 2.79. The summed E-state index contributed by atoms with van der Waals surface area (Å²) in [7, 11) is 0. The van der Waals surface area contributed by atoms with Crippen LogP contribution < -0.4 is 11.1 Å². The Kier molecular flexibility index (Phi) is 3.97. The number of hydrogen-bond donors (Lipinski definition) is 2. The largest absolute Gasteiger partial charge is 0.329 e. The molecule has 92 valence electrons. The third-order valence-corrected chi connectivity index (χ3v) is 3.48. The molecule has 2 rings (SSSR count).